The van der Waals surface area contributed by atoms with Crippen molar-refractivity contribution in [3.63, 3.8) is 0 Å². The van der Waals surface area contributed by atoms with Crippen LogP contribution in [0.25, 0.3) is 0 Å². The van der Waals surface area contributed by atoms with Gasteiger partial charge in [0.05, 0.1) is 0 Å². The minimum Gasteiger partial charge on any atom is -0.337 e. The largest absolute Gasteiger partial charge is 0.337 e. The van der Waals surface area contributed by atoms with Gasteiger partial charge in [-0.3, -0.25) is 0 Å². The molecule has 0 bridgehead atoms. The van der Waals surface area contributed by atoms with E-state index in [4.69, 9.17) is 0 Å². The summed E-state index contributed by atoms with van der Waals surface area (Å²) in [6.07, 6.45) is 8.63. The molecule has 0 aromatic carbocycles. The number of carbonyl (C=O) groups is 1. The number of nitrogens with zero attached hydrogens (tertiary/aromatic N) is 1. The van der Waals surface area contributed by atoms with Crippen LogP contribution in [0, 0.1) is 0 Å². The summed E-state index contributed by atoms with van der Waals surface area (Å²) in [7, 11) is 0. The lowest BCUT2D eigenvalue weighted by molar-refractivity contribution is 0.200. The minimum absolute atomic E-state index is 0.0917. The van der Waals surface area contributed by atoms with Crippen LogP contribution in [-0.2, 0) is 0 Å². The van der Waals surface area contributed by atoms with Crippen LogP contribution in [0.5, 0.6) is 0 Å². The van der Waals surface area contributed by atoms with Crippen LogP contribution in [0.3, 0.4) is 0 Å². The molecule has 0 aromatic rings. The molecule has 0 atom stereocenters. The quantitative estimate of drug-likeness (QED) is 0.822. The van der Waals surface area contributed by atoms with Gasteiger partial charge in [-0.25, -0.2) is 4.79 Å². The van der Waals surface area contributed by atoms with Crippen LogP contribution in [0.15, 0.2) is 0 Å². The fraction of sp³-hybridized carbons (Fsp3) is 0.923. The van der Waals surface area contributed by atoms with Gasteiger partial charge in [0.25, 0.3) is 0 Å². The van der Waals surface area contributed by atoms with E-state index in [1.807, 2.05) is 30.5 Å². The zero-order valence-corrected chi connectivity index (χ0v) is 12.2. The van der Waals surface area contributed by atoms with E-state index >= 15 is 0 Å². The van der Waals surface area contributed by atoms with Gasteiger partial charge in [-0.05, 0) is 32.9 Å². The number of carbonyl (C=O) groups excluding carboxylic acids is 1. The van der Waals surface area contributed by atoms with Crippen molar-refractivity contribution in [1.82, 2.24) is 10.2 Å². The minimum atomic E-state index is 0.0917. The first-order valence-electron chi connectivity index (χ1n) is 6.75. The van der Waals surface area contributed by atoms with Crippen LogP contribution in [0.1, 0.15) is 46.0 Å². The predicted molar refractivity (Wildman–Crippen MR) is 75.7 cm³/mol. The molecule has 1 aliphatic carbocycles. The van der Waals surface area contributed by atoms with Gasteiger partial charge in [0.2, 0.25) is 0 Å². The average Bonchev–Trinajstić information content (AvgIpc) is 2.39. The van der Waals surface area contributed by atoms with E-state index in [9.17, 15) is 4.79 Å². The van der Waals surface area contributed by atoms with Gasteiger partial charge in [-0.1, -0.05) is 19.3 Å². The third-order valence-corrected chi connectivity index (χ3v) is 5.23. The Bertz CT molecular complexity index is 236. The van der Waals surface area contributed by atoms with Crippen molar-refractivity contribution < 1.29 is 4.79 Å². The molecule has 0 spiro atoms. The summed E-state index contributed by atoms with van der Waals surface area (Å²) in [5.41, 5.74) is 0. The zero-order valence-electron chi connectivity index (χ0n) is 11.4. The van der Waals surface area contributed by atoms with E-state index in [0.29, 0.717) is 4.75 Å². The van der Waals surface area contributed by atoms with Crippen molar-refractivity contribution in [2.45, 2.75) is 50.7 Å². The summed E-state index contributed by atoms with van der Waals surface area (Å²) in [6, 6.07) is 0.0917. The van der Waals surface area contributed by atoms with E-state index in [2.05, 4.69) is 11.6 Å². The highest BCUT2D eigenvalue weighted by Crippen LogP contribution is 2.37. The summed E-state index contributed by atoms with van der Waals surface area (Å²) in [5.74, 6) is 0. The van der Waals surface area contributed by atoms with Crippen LogP contribution < -0.4 is 5.32 Å². The third kappa shape index (κ3) is 4.09. The average molecular weight is 258 g/mol. The summed E-state index contributed by atoms with van der Waals surface area (Å²) in [4.78, 5) is 13.8. The molecule has 1 rings (SSSR count). The number of amides is 2. The van der Waals surface area contributed by atoms with Crippen LogP contribution >= 0.6 is 11.8 Å². The SMILES string of the molecule is CCN(CC)C(=O)NCC1(SC)CCCCC1. The van der Waals surface area contributed by atoms with Crippen molar-refractivity contribution in [2.75, 3.05) is 25.9 Å². The van der Waals surface area contributed by atoms with E-state index < -0.39 is 0 Å². The van der Waals surface area contributed by atoms with Gasteiger partial charge >= 0.3 is 6.03 Å². The zero-order chi connectivity index (χ0) is 12.7. The van der Waals surface area contributed by atoms with Gasteiger partial charge in [-0.2, -0.15) is 11.8 Å². The van der Waals surface area contributed by atoms with Crippen LogP contribution in [0.4, 0.5) is 4.79 Å². The number of thioether (sulfide) groups is 1. The molecule has 0 aromatic heterocycles. The van der Waals surface area contributed by atoms with Crippen LogP contribution in [0.2, 0.25) is 0 Å². The molecule has 1 fully saturated rings. The molecule has 17 heavy (non-hydrogen) atoms. The maximum atomic E-state index is 11.9. The van der Waals surface area contributed by atoms with Gasteiger partial charge in [-0.15, -0.1) is 0 Å². The molecule has 4 heteroatoms. The van der Waals surface area contributed by atoms with E-state index in [1.165, 1.54) is 32.1 Å². The first-order valence-corrected chi connectivity index (χ1v) is 7.98. The Hall–Kier alpha value is -0.380. The Morgan fingerprint density at radius 1 is 1.24 bits per heavy atom. The summed E-state index contributed by atoms with van der Waals surface area (Å²) >= 11 is 1.93. The maximum absolute atomic E-state index is 11.9. The second kappa shape index (κ2) is 7.14. The molecule has 1 aliphatic rings. The normalized spacial score (nSPS) is 18.8. The van der Waals surface area contributed by atoms with E-state index in [-0.39, 0.29) is 6.03 Å². The monoisotopic (exact) mass is 258 g/mol. The highest BCUT2D eigenvalue weighted by molar-refractivity contribution is 8.00. The van der Waals surface area contributed by atoms with Crippen molar-refractivity contribution >= 4 is 17.8 Å². The Kier molecular flexibility index (Phi) is 6.17. The second-order valence-corrected chi connectivity index (χ2v) is 6.05. The highest BCUT2D eigenvalue weighted by Gasteiger charge is 2.31. The standard InChI is InChI=1S/C13H26N2OS/c1-4-15(5-2)12(16)14-11-13(17-3)9-7-6-8-10-13/h4-11H2,1-3H3,(H,14,16). The van der Waals surface area contributed by atoms with Crippen molar-refractivity contribution in [3.05, 3.63) is 0 Å². The smallest absolute Gasteiger partial charge is 0.317 e. The summed E-state index contributed by atoms with van der Waals surface area (Å²) in [6.45, 7) is 6.44. The lowest BCUT2D eigenvalue weighted by Gasteiger charge is -2.36. The number of rotatable bonds is 5. The fourth-order valence-corrected chi connectivity index (χ4v) is 3.42. The molecule has 100 valence electrons. The highest BCUT2D eigenvalue weighted by atomic mass is 32.2. The molecule has 0 radical (unpaired) electrons. The molecule has 1 N–H and O–H groups in total. The van der Waals surface area contributed by atoms with Crippen molar-refractivity contribution in [2.24, 2.45) is 0 Å². The molecular formula is C13H26N2OS. The topological polar surface area (TPSA) is 32.3 Å². The Morgan fingerprint density at radius 2 is 1.82 bits per heavy atom. The number of hydrogen-bond donors (Lipinski definition) is 1. The molecule has 2 amide bonds. The first kappa shape index (κ1) is 14.7. The summed E-state index contributed by atoms with van der Waals surface area (Å²) < 4.78 is 0.293. The lowest BCUT2D eigenvalue weighted by atomic mass is 9.88. The molecule has 0 heterocycles. The van der Waals surface area contributed by atoms with Gasteiger partial charge in [0.15, 0.2) is 0 Å². The molecule has 0 saturated heterocycles. The first-order chi connectivity index (χ1) is 8.17. The third-order valence-electron chi connectivity index (χ3n) is 3.81. The second-order valence-electron chi connectivity index (χ2n) is 4.78. The lowest BCUT2D eigenvalue weighted by Crippen LogP contribution is -2.47. The summed E-state index contributed by atoms with van der Waals surface area (Å²) in [5, 5.41) is 3.11. The molecule has 0 unspecified atom stereocenters. The van der Waals surface area contributed by atoms with Crippen molar-refractivity contribution in [1.29, 1.82) is 0 Å². The molecule has 1 saturated carbocycles. The maximum Gasteiger partial charge on any atom is 0.317 e. The Balaban J connectivity index is 2.44. The van der Waals surface area contributed by atoms with E-state index in [1.54, 1.807) is 0 Å². The molecular weight excluding hydrogens is 232 g/mol. The molecule has 3 nitrogen and oxygen atoms in total. The predicted octanol–water partition coefficient (Wildman–Crippen LogP) is 3.10. The number of nitrogens with one attached hydrogen (secondary N) is 1. The fourth-order valence-electron chi connectivity index (χ4n) is 2.51. The Morgan fingerprint density at radius 3 is 2.29 bits per heavy atom. The van der Waals surface area contributed by atoms with Crippen molar-refractivity contribution in [3.8, 4) is 0 Å². The number of hydrogen-bond acceptors (Lipinski definition) is 2. The van der Waals surface area contributed by atoms with Gasteiger partial charge in [0, 0.05) is 24.4 Å². The van der Waals surface area contributed by atoms with Gasteiger partial charge < -0.3 is 10.2 Å². The Labute approximate surface area is 110 Å². The van der Waals surface area contributed by atoms with E-state index in [0.717, 1.165) is 19.6 Å². The van der Waals surface area contributed by atoms with Crippen LogP contribution in [-0.4, -0.2) is 41.6 Å². The number of urea groups is 1. The molecule has 0 aliphatic heterocycles. The van der Waals surface area contributed by atoms with Gasteiger partial charge in [0.1, 0.15) is 0 Å².